The fraction of sp³-hybridized carbons (Fsp3) is 0. The summed E-state index contributed by atoms with van der Waals surface area (Å²) in [5.74, 6) is -0.268. The minimum absolute atomic E-state index is 0.268. The van der Waals surface area contributed by atoms with Gasteiger partial charge in [0.15, 0.2) is 4.77 Å². The smallest absolute Gasteiger partial charge is 0.197 e. The maximum absolute atomic E-state index is 13.0. The molecular weight excluding hydrogens is 273 g/mol. The van der Waals surface area contributed by atoms with Gasteiger partial charge in [0.05, 0.1) is 5.69 Å². The van der Waals surface area contributed by atoms with Gasteiger partial charge in [0, 0.05) is 29.7 Å². The van der Waals surface area contributed by atoms with Gasteiger partial charge in [-0.1, -0.05) is 12.1 Å². The molecule has 0 saturated carbocycles. The van der Waals surface area contributed by atoms with E-state index in [0.29, 0.717) is 4.77 Å². The zero-order valence-electron chi connectivity index (χ0n) is 10.4. The molecule has 0 atom stereocenters. The second-order valence-electron chi connectivity index (χ2n) is 4.22. The van der Waals surface area contributed by atoms with E-state index in [0.717, 1.165) is 22.4 Å². The molecule has 0 aliphatic heterocycles. The first-order valence-corrected chi connectivity index (χ1v) is 6.40. The van der Waals surface area contributed by atoms with Gasteiger partial charge in [-0.05, 0) is 42.0 Å². The minimum atomic E-state index is -0.268. The summed E-state index contributed by atoms with van der Waals surface area (Å²) < 4.78 is 13.4. The van der Waals surface area contributed by atoms with Gasteiger partial charge in [-0.2, -0.15) is 0 Å². The number of nitrogens with one attached hydrogen (secondary N) is 1. The lowest BCUT2D eigenvalue weighted by molar-refractivity contribution is 0.628. The number of aromatic nitrogens is 3. The van der Waals surface area contributed by atoms with Crippen LogP contribution in [0.4, 0.5) is 4.39 Å². The Kier molecular flexibility index (Phi) is 3.35. The first-order chi connectivity index (χ1) is 9.74. The topological polar surface area (TPSA) is 41.6 Å². The van der Waals surface area contributed by atoms with Gasteiger partial charge in [0.2, 0.25) is 0 Å². The van der Waals surface area contributed by atoms with Gasteiger partial charge in [0.25, 0.3) is 0 Å². The molecule has 0 saturated heterocycles. The lowest BCUT2D eigenvalue weighted by atomic mass is 10.0. The van der Waals surface area contributed by atoms with Crippen molar-refractivity contribution in [2.45, 2.75) is 0 Å². The fourth-order valence-electron chi connectivity index (χ4n) is 1.99. The van der Waals surface area contributed by atoms with Crippen LogP contribution < -0.4 is 0 Å². The van der Waals surface area contributed by atoms with Crippen LogP contribution in [0.25, 0.3) is 22.4 Å². The third-order valence-corrected chi connectivity index (χ3v) is 3.14. The largest absolute Gasteiger partial charge is 0.330 e. The van der Waals surface area contributed by atoms with Crippen LogP contribution >= 0.6 is 12.2 Å². The third kappa shape index (κ3) is 2.48. The molecule has 1 aromatic carbocycles. The number of hydrogen-bond donors (Lipinski definition) is 1. The number of H-pyrrole nitrogens is 1. The van der Waals surface area contributed by atoms with Crippen LogP contribution in [0.1, 0.15) is 0 Å². The van der Waals surface area contributed by atoms with E-state index in [1.165, 1.54) is 12.1 Å². The molecule has 3 nitrogen and oxygen atoms in total. The number of rotatable bonds is 2. The molecule has 0 fully saturated rings. The van der Waals surface area contributed by atoms with E-state index in [9.17, 15) is 4.39 Å². The average Bonchev–Trinajstić information content (AvgIpc) is 2.49. The van der Waals surface area contributed by atoms with E-state index in [4.69, 9.17) is 12.2 Å². The normalized spacial score (nSPS) is 10.4. The summed E-state index contributed by atoms with van der Waals surface area (Å²) in [6.45, 7) is 0. The number of pyridine rings is 1. The molecule has 1 N–H and O–H groups in total. The second kappa shape index (κ2) is 5.30. The van der Waals surface area contributed by atoms with Gasteiger partial charge in [-0.25, -0.2) is 9.37 Å². The highest BCUT2D eigenvalue weighted by Gasteiger charge is 2.08. The van der Waals surface area contributed by atoms with Gasteiger partial charge in [0.1, 0.15) is 5.82 Å². The van der Waals surface area contributed by atoms with E-state index < -0.39 is 0 Å². The number of nitrogens with zero attached hydrogens (tertiary/aromatic N) is 2. The summed E-state index contributed by atoms with van der Waals surface area (Å²) in [5, 5.41) is 0. The molecule has 5 heteroatoms. The molecular formula is C15H10FN3S. The van der Waals surface area contributed by atoms with Crippen LogP contribution in [0.5, 0.6) is 0 Å². The van der Waals surface area contributed by atoms with Crippen molar-refractivity contribution < 1.29 is 4.39 Å². The molecule has 2 heterocycles. The van der Waals surface area contributed by atoms with Crippen LogP contribution in [0, 0.1) is 10.6 Å². The maximum atomic E-state index is 13.0. The minimum Gasteiger partial charge on any atom is -0.330 e. The molecule has 0 aliphatic rings. The summed E-state index contributed by atoms with van der Waals surface area (Å²) >= 11 is 5.09. The van der Waals surface area contributed by atoms with Crippen molar-refractivity contribution in [3.05, 3.63) is 65.6 Å². The van der Waals surface area contributed by atoms with Crippen LogP contribution in [0.15, 0.2) is 55.0 Å². The van der Waals surface area contributed by atoms with E-state index >= 15 is 0 Å². The highest BCUT2D eigenvalue weighted by Crippen LogP contribution is 2.29. The van der Waals surface area contributed by atoms with Gasteiger partial charge in [-0.15, -0.1) is 0 Å². The quantitative estimate of drug-likeness (QED) is 0.723. The van der Waals surface area contributed by atoms with Crippen LogP contribution in [0.2, 0.25) is 0 Å². The maximum Gasteiger partial charge on any atom is 0.197 e. The number of halogens is 1. The molecule has 2 aromatic heterocycles. The Balaban J connectivity index is 2.21. The summed E-state index contributed by atoms with van der Waals surface area (Å²) in [4.78, 5) is 11.2. The van der Waals surface area contributed by atoms with Gasteiger partial charge in [-0.3, -0.25) is 4.98 Å². The average molecular weight is 283 g/mol. The monoisotopic (exact) mass is 283 g/mol. The second-order valence-corrected chi connectivity index (χ2v) is 4.61. The highest BCUT2D eigenvalue weighted by molar-refractivity contribution is 7.71. The first kappa shape index (κ1) is 12.6. The SMILES string of the molecule is Fc1ccc(-c2cnc(=S)[nH]c2-c2ccncc2)cc1. The molecule has 0 aliphatic carbocycles. The van der Waals surface area contributed by atoms with Crippen LogP contribution in [0.3, 0.4) is 0 Å². The lowest BCUT2D eigenvalue weighted by Crippen LogP contribution is -1.92. The Morgan fingerprint density at radius 3 is 2.35 bits per heavy atom. The Hall–Kier alpha value is -2.40. The summed E-state index contributed by atoms with van der Waals surface area (Å²) in [5.41, 5.74) is 3.54. The van der Waals surface area contributed by atoms with Gasteiger partial charge < -0.3 is 4.98 Å². The Morgan fingerprint density at radius 1 is 0.950 bits per heavy atom. The van der Waals surface area contributed by atoms with E-state index in [2.05, 4.69) is 15.0 Å². The molecule has 3 rings (SSSR count). The summed E-state index contributed by atoms with van der Waals surface area (Å²) in [7, 11) is 0. The number of benzene rings is 1. The predicted molar refractivity (Wildman–Crippen MR) is 78.0 cm³/mol. The molecule has 20 heavy (non-hydrogen) atoms. The van der Waals surface area contributed by atoms with Crippen molar-refractivity contribution in [3.8, 4) is 22.4 Å². The summed E-state index contributed by atoms with van der Waals surface area (Å²) in [6, 6.07) is 10.0. The van der Waals surface area contributed by atoms with Crippen LogP contribution in [-0.2, 0) is 0 Å². The molecule has 3 aromatic rings. The Bertz CT molecular complexity index is 782. The molecule has 0 unspecified atom stereocenters. The summed E-state index contributed by atoms with van der Waals surface area (Å²) in [6.07, 6.45) is 5.12. The van der Waals surface area contributed by atoms with E-state index in [1.807, 2.05) is 12.1 Å². The predicted octanol–water partition coefficient (Wildman–Crippen LogP) is 4.01. The molecule has 0 spiro atoms. The Labute approximate surface area is 120 Å². The van der Waals surface area contributed by atoms with E-state index in [-0.39, 0.29) is 5.82 Å². The molecule has 0 amide bonds. The fourth-order valence-corrected chi connectivity index (χ4v) is 2.14. The zero-order valence-corrected chi connectivity index (χ0v) is 11.2. The highest BCUT2D eigenvalue weighted by atomic mass is 32.1. The molecule has 0 radical (unpaired) electrons. The van der Waals surface area contributed by atoms with Crippen molar-refractivity contribution in [1.82, 2.24) is 15.0 Å². The van der Waals surface area contributed by atoms with E-state index in [1.54, 1.807) is 30.7 Å². The zero-order chi connectivity index (χ0) is 13.9. The van der Waals surface area contributed by atoms with Crippen molar-refractivity contribution >= 4 is 12.2 Å². The Morgan fingerprint density at radius 2 is 1.65 bits per heavy atom. The van der Waals surface area contributed by atoms with Crippen molar-refractivity contribution in [2.75, 3.05) is 0 Å². The van der Waals surface area contributed by atoms with Crippen molar-refractivity contribution in [3.63, 3.8) is 0 Å². The molecule has 0 bridgehead atoms. The first-order valence-electron chi connectivity index (χ1n) is 6.00. The van der Waals surface area contributed by atoms with Crippen LogP contribution in [-0.4, -0.2) is 15.0 Å². The molecule has 98 valence electrons. The lowest BCUT2D eigenvalue weighted by Gasteiger charge is -2.09. The van der Waals surface area contributed by atoms with Crippen molar-refractivity contribution in [2.24, 2.45) is 0 Å². The standard InChI is InChI=1S/C15H10FN3S/c16-12-3-1-10(2-4-12)13-9-18-15(20)19-14(13)11-5-7-17-8-6-11/h1-9H,(H,18,19,20). The van der Waals surface area contributed by atoms with Gasteiger partial charge >= 0.3 is 0 Å². The number of aromatic amines is 1. The third-order valence-electron chi connectivity index (χ3n) is 2.94. The van der Waals surface area contributed by atoms with Crippen molar-refractivity contribution in [1.29, 1.82) is 0 Å². The number of hydrogen-bond acceptors (Lipinski definition) is 3.